The molecule has 8 nitrogen and oxygen atoms in total. The van der Waals surface area contributed by atoms with Gasteiger partial charge in [-0.05, 0) is 39.3 Å². The number of halogens is 1. The highest BCUT2D eigenvalue weighted by Gasteiger charge is 2.35. The first-order valence-electron chi connectivity index (χ1n) is 13.2. The molecule has 2 heterocycles. The van der Waals surface area contributed by atoms with Gasteiger partial charge in [0.25, 0.3) is 5.91 Å². The van der Waals surface area contributed by atoms with E-state index in [2.05, 4.69) is 15.3 Å². The van der Waals surface area contributed by atoms with Gasteiger partial charge in [-0.25, -0.2) is 14.2 Å². The molecule has 2 aromatic rings. The highest BCUT2D eigenvalue weighted by Crippen LogP contribution is 2.33. The second kappa shape index (κ2) is 12.0. The molecule has 2 aliphatic rings. The Labute approximate surface area is 224 Å². The third-order valence-electron chi connectivity index (χ3n) is 6.70. The third kappa shape index (κ3) is 7.17. The van der Waals surface area contributed by atoms with Crippen LogP contribution in [0, 0.1) is 12.7 Å². The lowest BCUT2D eigenvalue weighted by atomic mass is 9.97. The number of ether oxygens (including phenoxy) is 1. The van der Waals surface area contributed by atoms with Gasteiger partial charge in [0.2, 0.25) is 0 Å². The Kier molecular flexibility index (Phi) is 8.79. The first kappa shape index (κ1) is 27.7. The molecule has 9 heteroatoms. The molecule has 0 spiro atoms. The predicted octanol–water partition coefficient (Wildman–Crippen LogP) is 3.95. The number of benzene rings is 2. The Morgan fingerprint density at radius 1 is 1.11 bits per heavy atom. The minimum Gasteiger partial charge on any atom is -0.379 e. The molecule has 38 heavy (non-hydrogen) atoms. The monoisotopic (exact) mass is 523 g/mol. The summed E-state index contributed by atoms with van der Waals surface area (Å²) in [5, 5.41) is 9.02. The minimum absolute atomic E-state index is 0.136. The lowest BCUT2D eigenvalue weighted by Crippen LogP contribution is -2.53. The van der Waals surface area contributed by atoms with Crippen molar-refractivity contribution in [3.8, 4) is 0 Å². The second-order valence-electron chi connectivity index (χ2n) is 11.0. The van der Waals surface area contributed by atoms with Crippen LogP contribution in [0.15, 0.2) is 53.6 Å². The summed E-state index contributed by atoms with van der Waals surface area (Å²) in [4.78, 5) is 30.8. The Bertz CT molecular complexity index is 1160. The summed E-state index contributed by atoms with van der Waals surface area (Å²) in [6, 6.07) is 13.7. The molecule has 2 aromatic carbocycles. The number of amides is 3. The van der Waals surface area contributed by atoms with Crippen LogP contribution < -0.4 is 5.32 Å². The lowest BCUT2D eigenvalue weighted by molar-refractivity contribution is -0.133. The molecule has 1 saturated heterocycles. The maximum absolute atomic E-state index is 14.6. The standard InChI is InChI=1S/C29H38FN5O3/c1-21-9-11-22(12-10-21)26-19-25(23-7-5-6-8-24(23)30)32-35(26)27(36)20-34(28(37)31-29(2,3)4)14-13-33-15-17-38-18-16-33/h5-12,26H,13-20H2,1-4H3,(H,31,37). The number of hydrogen-bond acceptors (Lipinski definition) is 5. The normalized spacial score (nSPS) is 18.3. The fourth-order valence-corrected chi connectivity index (χ4v) is 4.62. The summed E-state index contributed by atoms with van der Waals surface area (Å²) < 4.78 is 20.1. The molecule has 4 rings (SSSR count). The van der Waals surface area contributed by atoms with E-state index in [-0.39, 0.29) is 30.3 Å². The Hall–Kier alpha value is -3.30. The van der Waals surface area contributed by atoms with Gasteiger partial charge >= 0.3 is 6.03 Å². The van der Waals surface area contributed by atoms with Crippen molar-refractivity contribution in [3.63, 3.8) is 0 Å². The van der Waals surface area contributed by atoms with E-state index < -0.39 is 5.54 Å². The molecule has 0 radical (unpaired) electrons. The molecule has 0 aliphatic carbocycles. The summed E-state index contributed by atoms with van der Waals surface area (Å²) in [7, 11) is 0. The van der Waals surface area contributed by atoms with Gasteiger partial charge in [-0.2, -0.15) is 5.10 Å². The summed E-state index contributed by atoms with van der Waals surface area (Å²) in [5.41, 5.74) is 2.47. The van der Waals surface area contributed by atoms with Crippen LogP contribution in [-0.2, 0) is 9.53 Å². The SMILES string of the molecule is Cc1ccc(C2CC(c3ccccc3F)=NN2C(=O)CN(CCN2CCOCC2)C(=O)NC(C)(C)C)cc1. The zero-order valence-corrected chi connectivity index (χ0v) is 22.7. The zero-order valence-electron chi connectivity index (χ0n) is 22.7. The first-order chi connectivity index (χ1) is 18.1. The molecule has 1 atom stereocenters. The van der Waals surface area contributed by atoms with Crippen LogP contribution in [0.1, 0.15) is 49.9 Å². The van der Waals surface area contributed by atoms with E-state index in [0.717, 1.165) is 24.2 Å². The van der Waals surface area contributed by atoms with Gasteiger partial charge in [0.1, 0.15) is 12.4 Å². The molecule has 204 valence electrons. The van der Waals surface area contributed by atoms with E-state index in [4.69, 9.17) is 4.74 Å². The Morgan fingerprint density at radius 3 is 2.45 bits per heavy atom. The quantitative estimate of drug-likeness (QED) is 0.596. The largest absolute Gasteiger partial charge is 0.379 e. The van der Waals surface area contributed by atoms with Crippen molar-refractivity contribution in [1.29, 1.82) is 0 Å². The molecule has 1 fully saturated rings. The fraction of sp³-hybridized carbons (Fsp3) is 0.483. The van der Waals surface area contributed by atoms with Gasteiger partial charge in [-0.1, -0.05) is 48.0 Å². The minimum atomic E-state index is -0.453. The number of hydrazone groups is 1. The topological polar surface area (TPSA) is 77.5 Å². The number of urea groups is 1. The van der Waals surface area contributed by atoms with Crippen LogP contribution in [-0.4, -0.2) is 83.9 Å². The summed E-state index contributed by atoms with van der Waals surface area (Å²) in [5.74, 6) is -0.687. The van der Waals surface area contributed by atoms with Crippen LogP contribution in [0.3, 0.4) is 0 Å². The van der Waals surface area contributed by atoms with Crippen molar-refractivity contribution >= 4 is 17.6 Å². The molecule has 0 saturated carbocycles. The zero-order chi connectivity index (χ0) is 27.3. The van der Waals surface area contributed by atoms with E-state index in [1.54, 1.807) is 23.1 Å². The molecular formula is C29H38FN5O3. The maximum atomic E-state index is 14.6. The van der Waals surface area contributed by atoms with Gasteiger partial charge in [-0.3, -0.25) is 9.69 Å². The second-order valence-corrected chi connectivity index (χ2v) is 11.0. The Balaban J connectivity index is 1.58. The van der Waals surface area contributed by atoms with Crippen molar-refractivity contribution in [2.75, 3.05) is 45.9 Å². The Morgan fingerprint density at radius 2 is 1.79 bits per heavy atom. The first-order valence-corrected chi connectivity index (χ1v) is 13.2. The average molecular weight is 524 g/mol. The van der Waals surface area contributed by atoms with Crippen molar-refractivity contribution < 1.29 is 18.7 Å². The number of carbonyl (C=O) groups excluding carboxylic acids is 2. The molecule has 3 amide bonds. The highest BCUT2D eigenvalue weighted by molar-refractivity contribution is 6.03. The number of nitrogens with one attached hydrogen (secondary N) is 1. The number of carbonyl (C=O) groups is 2. The number of aryl methyl sites for hydroxylation is 1. The molecule has 1 unspecified atom stereocenters. The summed E-state index contributed by atoms with van der Waals surface area (Å²) in [6.45, 7) is 11.5. The summed E-state index contributed by atoms with van der Waals surface area (Å²) in [6.07, 6.45) is 0.387. The van der Waals surface area contributed by atoms with Gasteiger partial charge < -0.3 is 15.0 Å². The van der Waals surface area contributed by atoms with Crippen molar-refractivity contribution in [1.82, 2.24) is 20.1 Å². The maximum Gasteiger partial charge on any atom is 0.318 e. The van der Waals surface area contributed by atoms with Crippen molar-refractivity contribution in [3.05, 3.63) is 71.0 Å². The van der Waals surface area contributed by atoms with Crippen LogP contribution in [0.2, 0.25) is 0 Å². The van der Waals surface area contributed by atoms with E-state index in [1.807, 2.05) is 52.0 Å². The third-order valence-corrected chi connectivity index (χ3v) is 6.70. The number of rotatable bonds is 7. The van der Waals surface area contributed by atoms with Gasteiger partial charge in [0.05, 0.1) is 25.0 Å². The number of nitrogens with zero attached hydrogens (tertiary/aromatic N) is 4. The van der Waals surface area contributed by atoms with Crippen LogP contribution in [0.5, 0.6) is 0 Å². The fourth-order valence-electron chi connectivity index (χ4n) is 4.62. The molecule has 1 N–H and O–H groups in total. The van der Waals surface area contributed by atoms with E-state index in [9.17, 15) is 14.0 Å². The van der Waals surface area contributed by atoms with E-state index in [1.165, 1.54) is 11.1 Å². The molecule has 2 aliphatic heterocycles. The van der Waals surface area contributed by atoms with Crippen molar-refractivity contribution in [2.24, 2.45) is 5.10 Å². The van der Waals surface area contributed by atoms with Crippen LogP contribution in [0.4, 0.5) is 9.18 Å². The van der Waals surface area contributed by atoms with E-state index in [0.29, 0.717) is 44.0 Å². The van der Waals surface area contributed by atoms with Gasteiger partial charge in [0.15, 0.2) is 0 Å². The molecule has 0 aromatic heterocycles. The van der Waals surface area contributed by atoms with Gasteiger partial charge in [0, 0.05) is 43.7 Å². The lowest BCUT2D eigenvalue weighted by Gasteiger charge is -2.32. The van der Waals surface area contributed by atoms with Gasteiger partial charge in [-0.15, -0.1) is 0 Å². The number of hydrogen-bond donors (Lipinski definition) is 1. The summed E-state index contributed by atoms with van der Waals surface area (Å²) >= 11 is 0. The van der Waals surface area contributed by atoms with Crippen molar-refractivity contribution in [2.45, 2.75) is 45.7 Å². The highest BCUT2D eigenvalue weighted by atomic mass is 19.1. The average Bonchev–Trinajstić information content (AvgIpc) is 3.32. The number of morpholine rings is 1. The van der Waals surface area contributed by atoms with E-state index >= 15 is 0 Å². The molecule has 0 bridgehead atoms. The van der Waals surface area contributed by atoms with Crippen LogP contribution >= 0.6 is 0 Å². The van der Waals surface area contributed by atoms with Crippen LogP contribution in [0.25, 0.3) is 0 Å². The molecular weight excluding hydrogens is 485 g/mol. The smallest absolute Gasteiger partial charge is 0.318 e. The predicted molar refractivity (Wildman–Crippen MR) is 145 cm³/mol.